The van der Waals surface area contributed by atoms with Crippen molar-refractivity contribution < 1.29 is 14.0 Å². The third-order valence-electron chi connectivity index (χ3n) is 6.32. The van der Waals surface area contributed by atoms with Crippen LogP contribution in [0.5, 0.6) is 0 Å². The largest absolute Gasteiger partial charge is 0.467 e. The third-order valence-corrected chi connectivity index (χ3v) is 6.32. The molecule has 3 aliphatic rings. The molecule has 0 aromatic carbocycles. The number of hydrogen-bond acceptors (Lipinski definition) is 3. The quantitative estimate of drug-likeness (QED) is 0.902. The molecule has 0 unspecified atom stereocenters. The Morgan fingerprint density at radius 3 is 2.96 bits per heavy atom. The van der Waals surface area contributed by atoms with E-state index < -0.39 is 0 Å². The van der Waals surface area contributed by atoms with Gasteiger partial charge in [-0.15, -0.1) is 0 Å². The van der Waals surface area contributed by atoms with Crippen LogP contribution >= 0.6 is 0 Å². The highest BCUT2D eigenvalue weighted by atomic mass is 16.3. The van der Waals surface area contributed by atoms with Gasteiger partial charge in [0.05, 0.1) is 18.7 Å². The molecule has 2 bridgehead atoms. The normalized spacial score (nSPS) is 33.2. The van der Waals surface area contributed by atoms with Gasteiger partial charge in [0.25, 0.3) is 0 Å². The lowest BCUT2D eigenvalue weighted by atomic mass is 9.84. The van der Waals surface area contributed by atoms with Crippen molar-refractivity contribution in [3.63, 3.8) is 0 Å². The van der Waals surface area contributed by atoms with Crippen LogP contribution in [0.15, 0.2) is 22.8 Å². The Hall–Kier alpha value is -1.78. The Morgan fingerprint density at radius 2 is 2.29 bits per heavy atom. The van der Waals surface area contributed by atoms with E-state index >= 15 is 0 Å². The molecule has 3 fully saturated rings. The second kappa shape index (κ2) is 6.26. The van der Waals surface area contributed by atoms with Gasteiger partial charge in [0, 0.05) is 19.0 Å². The predicted molar refractivity (Wildman–Crippen MR) is 88.8 cm³/mol. The minimum Gasteiger partial charge on any atom is -0.467 e. The first-order valence-corrected chi connectivity index (χ1v) is 9.20. The van der Waals surface area contributed by atoms with E-state index in [-0.39, 0.29) is 23.8 Å². The fourth-order valence-electron chi connectivity index (χ4n) is 5.05. The summed E-state index contributed by atoms with van der Waals surface area (Å²) in [5.74, 6) is 2.93. The summed E-state index contributed by atoms with van der Waals surface area (Å²) in [4.78, 5) is 26.5. The van der Waals surface area contributed by atoms with Crippen molar-refractivity contribution in [1.82, 2.24) is 10.2 Å². The van der Waals surface area contributed by atoms with E-state index in [2.05, 4.69) is 12.2 Å². The van der Waals surface area contributed by atoms with Gasteiger partial charge in [-0.3, -0.25) is 9.59 Å². The molecule has 5 nitrogen and oxygen atoms in total. The van der Waals surface area contributed by atoms with Crippen LogP contribution in [0.1, 0.15) is 44.8 Å². The maximum absolute atomic E-state index is 12.6. The molecule has 24 heavy (non-hydrogen) atoms. The highest BCUT2D eigenvalue weighted by molar-refractivity contribution is 5.89. The summed E-state index contributed by atoms with van der Waals surface area (Å²) in [5, 5.41) is 3.21. The summed E-state index contributed by atoms with van der Waals surface area (Å²) in [5.41, 5.74) is 0. The van der Waals surface area contributed by atoms with Gasteiger partial charge in [0.2, 0.25) is 11.8 Å². The number of fused-ring (bicyclic) bond motifs is 2. The van der Waals surface area contributed by atoms with Gasteiger partial charge < -0.3 is 14.6 Å². The van der Waals surface area contributed by atoms with Crippen LogP contribution in [0.25, 0.3) is 0 Å². The first-order chi connectivity index (χ1) is 11.6. The maximum atomic E-state index is 12.6. The first-order valence-electron chi connectivity index (χ1n) is 9.20. The van der Waals surface area contributed by atoms with E-state index in [1.165, 1.54) is 25.7 Å². The fraction of sp³-hybridized carbons (Fsp3) is 0.684. The van der Waals surface area contributed by atoms with Crippen molar-refractivity contribution >= 4 is 11.8 Å². The number of rotatable bonds is 5. The number of nitrogens with one attached hydrogen (secondary N) is 1. The Bertz CT molecular complexity index is 612. The average molecular weight is 330 g/mol. The van der Waals surface area contributed by atoms with Crippen LogP contribution in [-0.2, 0) is 16.1 Å². The monoisotopic (exact) mass is 330 g/mol. The topological polar surface area (TPSA) is 62.6 Å². The summed E-state index contributed by atoms with van der Waals surface area (Å²) >= 11 is 0. The summed E-state index contributed by atoms with van der Waals surface area (Å²) in [6.07, 6.45) is 7.24. The van der Waals surface area contributed by atoms with Crippen LogP contribution in [0, 0.1) is 23.7 Å². The second-order valence-electron chi connectivity index (χ2n) is 7.89. The first kappa shape index (κ1) is 15.7. The molecule has 2 aliphatic carbocycles. The minimum absolute atomic E-state index is 0.0409. The lowest BCUT2D eigenvalue weighted by molar-refractivity contribution is -0.129. The van der Waals surface area contributed by atoms with E-state index in [1.54, 1.807) is 11.2 Å². The molecular weight excluding hydrogens is 304 g/mol. The number of hydrogen-bond donors (Lipinski definition) is 1. The molecule has 130 valence electrons. The van der Waals surface area contributed by atoms with Crippen molar-refractivity contribution in [2.45, 2.75) is 51.6 Å². The van der Waals surface area contributed by atoms with Gasteiger partial charge in [-0.2, -0.15) is 0 Å². The van der Waals surface area contributed by atoms with Gasteiger partial charge in [0.1, 0.15) is 5.76 Å². The molecule has 2 amide bonds. The van der Waals surface area contributed by atoms with Crippen molar-refractivity contribution in [2.24, 2.45) is 23.7 Å². The molecule has 0 radical (unpaired) electrons. The van der Waals surface area contributed by atoms with E-state index in [0.717, 1.165) is 17.6 Å². The molecule has 1 aliphatic heterocycles. The Labute approximate surface area is 142 Å². The van der Waals surface area contributed by atoms with Crippen LogP contribution in [-0.4, -0.2) is 29.3 Å². The number of carbonyl (C=O) groups excluding carboxylic acids is 2. The lowest BCUT2D eigenvalue weighted by Crippen LogP contribution is -2.43. The predicted octanol–water partition coefficient (Wildman–Crippen LogP) is 2.57. The Balaban J connectivity index is 1.31. The van der Waals surface area contributed by atoms with Gasteiger partial charge in [0.15, 0.2) is 0 Å². The molecule has 2 heterocycles. The van der Waals surface area contributed by atoms with Crippen LogP contribution < -0.4 is 5.32 Å². The Kier molecular flexibility index (Phi) is 4.10. The molecular formula is C19H26N2O3. The lowest BCUT2D eigenvalue weighted by Gasteiger charge is -2.29. The number of carbonyl (C=O) groups is 2. The van der Waals surface area contributed by atoms with E-state index in [4.69, 9.17) is 4.42 Å². The summed E-state index contributed by atoms with van der Waals surface area (Å²) in [6, 6.07) is 3.90. The average Bonchev–Trinajstić information content (AvgIpc) is 3.32. The molecule has 2 saturated carbocycles. The molecule has 1 saturated heterocycles. The highest BCUT2D eigenvalue weighted by Gasteiger charge is 2.43. The van der Waals surface area contributed by atoms with Crippen molar-refractivity contribution in [3.8, 4) is 0 Å². The van der Waals surface area contributed by atoms with Crippen molar-refractivity contribution in [2.75, 3.05) is 6.54 Å². The number of amides is 2. The van der Waals surface area contributed by atoms with Crippen molar-refractivity contribution in [1.29, 1.82) is 0 Å². The molecule has 5 atom stereocenters. The molecule has 5 heteroatoms. The van der Waals surface area contributed by atoms with E-state index in [1.807, 2.05) is 12.1 Å². The summed E-state index contributed by atoms with van der Waals surface area (Å²) in [7, 11) is 0. The standard InChI is InChI=1S/C19H26N2O3/c1-12(17-8-13-4-5-14(17)7-13)20-19(23)15-9-18(22)21(10-15)11-16-3-2-6-24-16/h2-3,6,12-15,17H,4-5,7-11H2,1H3,(H,20,23)/t12-,13-,14-,15+,17+/m0/s1. The smallest absolute Gasteiger partial charge is 0.225 e. The van der Waals surface area contributed by atoms with Crippen molar-refractivity contribution in [3.05, 3.63) is 24.2 Å². The second-order valence-corrected chi connectivity index (χ2v) is 7.89. The minimum atomic E-state index is -0.228. The molecule has 1 aromatic heterocycles. The highest BCUT2D eigenvalue weighted by Crippen LogP contribution is 2.49. The maximum Gasteiger partial charge on any atom is 0.225 e. The van der Waals surface area contributed by atoms with Gasteiger partial charge in [-0.1, -0.05) is 6.42 Å². The van der Waals surface area contributed by atoms with E-state index in [9.17, 15) is 9.59 Å². The number of furan rings is 1. The number of nitrogens with zero attached hydrogens (tertiary/aromatic N) is 1. The zero-order valence-electron chi connectivity index (χ0n) is 14.2. The van der Waals surface area contributed by atoms with Crippen LogP contribution in [0.3, 0.4) is 0 Å². The van der Waals surface area contributed by atoms with Crippen LogP contribution in [0.2, 0.25) is 0 Å². The SMILES string of the molecule is C[C@H](NC(=O)[C@@H]1CC(=O)N(Cc2ccco2)C1)[C@H]1C[C@H]2CC[C@H]1C2. The fourth-order valence-corrected chi connectivity index (χ4v) is 5.05. The summed E-state index contributed by atoms with van der Waals surface area (Å²) in [6.45, 7) is 3.09. The third kappa shape index (κ3) is 2.96. The molecule has 0 spiro atoms. The van der Waals surface area contributed by atoms with E-state index in [0.29, 0.717) is 25.4 Å². The summed E-state index contributed by atoms with van der Waals surface area (Å²) < 4.78 is 5.31. The zero-order valence-corrected chi connectivity index (χ0v) is 14.2. The van der Waals surface area contributed by atoms with Crippen LogP contribution in [0.4, 0.5) is 0 Å². The van der Waals surface area contributed by atoms with Gasteiger partial charge >= 0.3 is 0 Å². The molecule has 1 N–H and O–H groups in total. The zero-order chi connectivity index (χ0) is 16.7. The van der Waals surface area contributed by atoms with Gasteiger partial charge in [-0.25, -0.2) is 0 Å². The van der Waals surface area contributed by atoms with Gasteiger partial charge in [-0.05, 0) is 56.1 Å². The molecule has 1 aromatic rings. The Morgan fingerprint density at radius 1 is 1.42 bits per heavy atom. The molecule has 4 rings (SSSR count). The number of likely N-dealkylation sites (tertiary alicyclic amines) is 1.